The van der Waals surface area contributed by atoms with Gasteiger partial charge >= 0.3 is 0 Å². The maximum atomic E-state index is 5.55. The van der Waals surface area contributed by atoms with Gasteiger partial charge in [-0.2, -0.15) is 4.98 Å². The van der Waals surface area contributed by atoms with E-state index in [4.69, 9.17) is 5.73 Å². The Hall–Kier alpha value is -2.10. The second-order valence-electron chi connectivity index (χ2n) is 2.79. The fraction of sp³-hybridized carbons (Fsp3) is 0. The summed E-state index contributed by atoms with van der Waals surface area (Å²) in [5.74, 6) is 0.557. The average molecular weight is 187 g/mol. The van der Waals surface area contributed by atoms with Crippen LogP contribution in [0.2, 0.25) is 0 Å². The van der Waals surface area contributed by atoms with Crippen LogP contribution in [0, 0.1) is 0 Å². The van der Waals surface area contributed by atoms with Gasteiger partial charge in [0.15, 0.2) is 5.82 Å². The molecule has 0 saturated carbocycles. The Kier molecular flexibility index (Phi) is 2.27. The van der Waals surface area contributed by atoms with Gasteiger partial charge in [-0.1, -0.05) is 23.4 Å². The molecule has 1 aromatic heterocycles. The summed E-state index contributed by atoms with van der Waals surface area (Å²) in [7, 11) is 0. The van der Waals surface area contributed by atoms with Gasteiger partial charge in [-0.15, -0.1) is 0 Å². The molecule has 4 nitrogen and oxygen atoms in total. The van der Waals surface area contributed by atoms with Crippen LogP contribution in [0.4, 0.5) is 5.69 Å². The molecule has 2 N–H and O–H groups in total. The summed E-state index contributed by atoms with van der Waals surface area (Å²) in [6.07, 6.45) is 4.96. The standard InChI is InChI=1S/C10H9N3O/c11-9-4-1-8(2-5-9)3-6-10-12-7-14-13-10/h1-7H,11H2/b6-3+. The molecule has 0 aliphatic carbocycles. The average Bonchev–Trinajstić information content (AvgIpc) is 2.70. The molecule has 0 unspecified atom stereocenters. The normalized spacial score (nSPS) is 10.9. The highest BCUT2D eigenvalue weighted by atomic mass is 16.5. The maximum absolute atomic E-state index is 5.55. The molecule has 0 aliphatic rings. The highest BCUT2D eigenvalue weighted by molar-refractivity contribution is 5.67. The molecule has 1 heterocycles. The van der Waals surface area contributed by atoms with E-state index in [0.29, 0.717) is 5.82 Å². The molecule has 0 amide bonds. The van der Waals surface area contributed by atoms with Crippen LogP contribution < -0.4 is 5.73 Å². The summed E-state index contributed by atoms with van der Waals surface area (Å²) < 4.78 is 4.59. The smallest absolute Gasteiger partial charge is 0.214 e. The molecule has 1 aromatic carbocycles. The summed E-state index contributed by atoms with van der Waals surface area (Å²) in [5, 5.41) is 3.65. The summed E-state index contributed by atoms with van der Waals surface area (Å²) in [6.45, 7) is 0. The van der Waals surface area contributed by atoms with Crippen molar-refractivity contribution < 1.29 is 4.52 Å². The first-order valence-electron chi connectivity index (χ1n) is 4.14. The molecule has 2 aromatic rings. The molecule has 4 heteroatoms. The van der Waals surface area contributed by atoms with Gasteiger partial charge in [0.2, 0.25) is 6.39 Å². The fourth-order valence-corrected chi connectivity index (χ4v) is 1.03. The monoisotopic (exact) mass is 187 g/mol. The van der Waals surface area contributed by atoms with Crippen molar-refractivity contribution >= 4 is 17.8 Å². The summed E-state index contributed by atoms with van der Waals surface area (Å²) in [6, 6.07) is 7.53. The van der Waals surface area contributed by atoms with E-state index in [9.17, 15) is 0 Å². The minimum absolute atomic E-state index is 0.557. The third kappa shape index (κ3) is 1.98. The van der Waals surface area contributed by atoms with E-state index in [1.54, 1.807) is 6.08 Å². The molecule has 14 heavy (non-hydrogen) atoms. The topological polar surface area (TPSA) is 64.9 Å². The first-order chi connectivity index (χ1) is 6.84. The van der Waals surface area contributed by atoms with E-state index >= 15 is 0 Å². The van der Waals surface area contributed by atoms with E-state index in [0.717, 1.165) is 11.3 Å². The van der Waals surface area contributed by atoms with Gasteiger partial charge in [0.05, 0.1) is 0 Å². The van der Waals surface area contributed by atoms with Crippen LogP contribution in [-0.2, 0) is 0 Å². The quantitative estimate of drug-likeness (QED) is 0.728. The van der Waals surface area contributed by atoms with Crippen LogP contribution in [0.3, 0.4) is 0 Å². The van der Waals surface area contributed by atoms with Crippen LogP contribution >= 0.6 is 0 Å². The highest BCUT2D eigenvalue weighted by Gasteiger charge is 1.91. The fourth-order valence-electron chi connectivity index (χ4n) is 1.03. The number of nitrogens with two attached hydrogens (primary N) is 1. The molecule has 0 bridgehead atoms. The Morgan fingerprint density at radius 3 is 2.57 bits per heavy atom. The Balaban J connectivity index is 2.15. The van der Waals surface area contributed by atoms with Gasteiger partial charge in [0, 0.05) is 5.69 Å². The Bertz CT molecular complexity index is 417. The third-order valence-corrected chi connectivity index (χ3v) is 1.74. The Morgan fingerprint density at radius 1 is 1.14 bits per heavy atom. The van der Waals surface area contributed by atoms with Crippen molar-refractivity contribution in [1.29, 1.82) is 0 Å². The molecule has 0 fully saturated rings. The maximum Gasteiger partial charge on any atom is 0.214 e. The zero-order valence-electron chi connectivity index (χ0n) is 7.42. The van der Waals surface area contributed by atoms with Crippen molar-refractivity contribution in [3.8, 4) is 0 Å². The van der Waals surface area contributed by atoms with Crippen LogP contribution in [0.1, 0.15) is 11.4 Å². The van der Waals surface area contributed by atoms with E-state index in [-0.39, 0.29) is 0 Å². The molecular weight excluding hydrogens is 178 g/mol. The Morgan fingerprint density at radius 2 is 1.93 bits per heavy atom. The molecule has 0 saturated heterocycles. The van der Waals surface area contributed by atoms with Crippen LogP contribution in [0.5, 0.6) is 0 Å². The molecule has 0 aliphatic heterocycles. The number of nitrogens with zero attached hydrogens (tertiary/aromatic N) is 2. The second-order valence-corrected chi connectivity index (χ2v) is 2.79. The lowest BCUT2D eigenvalue weighted by Crippen LogP contribution is -1.82. The number of hydrogen-bond donors (Lipinski definition) is 1. The minimum atomic E-state index is 0.557. The van der Waals surface area contributed by atoms with E-state index in [2.05, 4.69) is 14.7 Å². The van der Waals surface area contributed by atoms with Crippen molar-refractivity contribution in [1.82, 2.24) is 10.1 Å². The number of anilines is 1. The van der Waals surface area contributed by atoms with Crippen LogP contribution in [0.15, 0.2) is 35.2 Å². The highest BCUT2D eigenvalue weighted by Crippen LogP contribution is 2.08. The Labute approximate surface area is 81.1 Å². The summed E-state index contributed by atoms with van der Waals surface area (Å²) in [4.78, 5) is 3.86. The lowest BCUT2D eigenvalue weighted by Gasteiger charge is -1.93. The lowest BCUT2D eigenvalue weighted by molar-refractivity contribution is 0.415. The van der Waals surface area contributed by atoms with Gasteiger partial charge in [0.1, 0.15) is 0 Å². The predicted molar refractivity (Wildman–Crippen MR) is 54.1 cm³/mol. The van der Waals surface area contributed by atoms with Crippen LogP contribution in [0.25, 0.3) is 12.2 Å². The van der Waals surface area contributed by atoms with E-state index < -0.39 is 0 Å². The number of aromatic nitrogens is 2. The number of benzene rings is 1. The third-order valence-electron chi connectivity index (χ3n) is 1.74. The molecule has 0 radical (unpaired) electrons. The molecule has 70 valence electrons. The van der Waals surface area contributed by atoms with Gasteiger partial charge in [0.25, 0.3) is 0 Å². The van der Waals surface area contributed by atoms with Gasteiger partial charge in [-0.3, -0.25) is 0 Å². The summed E-state index contributed by atoms with van der Waals surface area (Å²) >= 11 is 0. The van der Waals surface area contributed by atoms with Crippen molar-refractivity contribution in [3.05, 3.63) is 42.0 Å². The largest absolute Gasteiger partial charge is 0.399 e. The second kappa shape index (κ2) is 3.74. The number of nitrogen functional groups attached to an aromatic ring is 1. The summed E-state index contributed by atoms with van der Waals surface area (Å²) in [5.41, 5.74) is 7.35. The van der Waals surface area contributed by atoms with Crippen molar-refractivity contribution in [2.45, 2.75) is 0 Å². The van der Waals surface area contributed by atoms with Gasteiger partial charge in [-0.25, -0.2) is 0 Å². The first kappa shape index (κ1) is 8.50. The zero-order valence-corrected chi connectivity index (χ0v) is 7.42. The van der Waals surface area contributed by atoms with E-state index in [1.165, 1.54) is 6.39 Å². The lowest BCUT2D eigenvalue weighted by atomic mass is 10.2. The van der Waals surface area contributed by atoms with Gasteiger partial charge in [-0.05, 0) is 23.8 Å². The van der Waals surface area contributed by atoms with Crippen molar-refractivity contribution in [2.75, 3.05) is 5.73 Å². The minimum Gasteiger partial charge on any atom is -0.399 e. The predicted octanol–water partition coefficient (Wildman–Crippen LogP) is 1.82. The van der Waals surface area contributed by atoms with Gasteiger partial charge < -0.3 is 10.3 Å². The molecule has 0 atom stereocenters. The van der Waals surface area contributed by atoms with Crippen molar-refractivity contribution in [3.63, 3.8) is 0 Å². The number of hydrogen-bond acceptors (Lipinski definition) is 4. The molecule has 0 spiro atoms. The van der Waals surface area contributed by atoms with Crippen LogP contribution in [-0.4, -0.2) is 10.1 Å². The SMILES string of the molecule is Nc1ccc(/C=C/c2ncon2)cc1. The first-order valence-corrected chi connectivity index (χ1v) is 4.14. The van der Waals surface area contributed by atoms with Crippen molar-refractivity contribution in [2.24, 2.45) is 0 Å². The molecule has 2 rings (SSSR count). The zero-order chi connectivity index (χ0) is 9.80. The number of rotatable bonds is 2. The van der Waals surface area contributed by atoms with E-state index in [1.807, 2.05) is 30.3 Å². The molecular formula is C10H9N3O.